The number of rotatable bonds is 5. The number of carbonyl (C=O) groups is 1. The van der Waals surface area contributed by atoms with Crippen LogP contribution in [0.25, 0.3) is 0 Å². The number of fused-ring (bicyclic) bond motifs is 1. The molecule has 3 rings (SSSR count). The molecule has 0 aromatic carbocycles. The highest BCUT2D eigenvalue weighted by atomic mass is 32.2. The smallest absolute Gasteiger partial charge is 0.317 e. The van der Waals surface area contributed by atoms with Crippen LogP contribution in [0.15, 0.2) is 28.1 Å². The number of thioether (sulfide) groups is 1. The van der Waals surface area contributed by atoms with E-state index >= 15 is 0 Å². The van der Waals surface area contributed by atoms with Gasteiger partial charge in [0.05, 0.1) is 0 Å². The lowest BCUT2D eigenvalue weighted by Crippen LogP contribution is -2.39. The molecule has 0 radical (unpaired) electrons. The Labute approximate surface area is 134 Å². The van der Waals surface area contributed by atoms with Crippen LogP contribution >= 0.6 is 23.1 Å². The van der Waals surface area contributed by atoms with Crippen LogP contribution < -0.4 is 5.32 Å². The molecule has 0 saturated carbocycles. The molecule has 1 aliphatic heterocycles. The number of nitrogens with one attached hydrogen (secondary N) is 1. The average Bonchev–Trinajstić information content (AvgIpc) is 3.15. The summed E-state index contributed by atoms with van der Waals surface area (Å²) in [5.41, 5.74) is 0. The van der Waals surface area contributed by atoms with Gasteiger partial charge in [-0.3, -0.25) is 0 Å². The minimum atomic E-state index is 0.114. The van der Waals surface area contributed by atoms with Crippen molar-refractivity contribution in [1.82, 2.24) is 15.2 Å². The number of urea groups is 1. The molecule has 2 heterocycles. The second-order valence-electron chi connectivity index (χ2n) is 5.60. The quantitative estimate of drug-likeness (QED) is 0.514. The summed E-state index contributed by atoms with van der Waals surface area (Å²) in [6.45, 7) is 2.60. The molecule has 2 amide bonds. The number of amides is 2. The van der Waals surface area contributed by atoms with Crippen molar-refractivity contribution in [2.75, 3.05) is 25.4 Å². The van der Waals surface area contributed by atoms with Crippen LogP contribution in [0.3, 0.4) is 0 Å². The monoisotopic (exact) mass is 323 g/mol. The second-order valence-corrected chi connectivity index (χ2v) is 7.84. The molecule has 1 fully saturated rings. The Morgan fingerprint density at radius 3 is 2.81 bits per heavy atom. The summed E-state index contributed by atoms with van der Waals surface area (Å²) in [5, 5.41) is 5.04. The number of carbonyl (C=O) groups excluding carboxylic acids is 1. The molecule has 2 atom stereocenters. The number of allylic oxidation sites excluding steroid dienone is 2. The molecule has 0 unspecified atom stereocenters. The normalized spacial score (nSPS) is 24.1. The number of nitrogens with zero attached hydrogens (tertiary/aromatic N) is 2. The molecule has 114 valence electrons. The topological polar surface area (TPSA) is 45.2 Å². The summed E-state index contributed by atoms with van der Waals surface area (Å²) in [7, 11) is 0. The Morgan fingerprint density at radius 1 is 1.38 bits per heavy atom. The van der Waals surface area contributed by atoms with Gasteiger partial charge in [-0.1, -0.05) is 23.9 Å². The number of likely N-dealkylation sites (tertiary alicyclic amines) is 1. The van der Waals surface area contributed by atoms with Crippen molar-refractivity contribution in [2.24, 2.45) is 11.8 Å². The molecule has 1 aromatic rings. The summed E-state index contributed by atoms with van der Waals surface area (Å²) in [4.78, 5) is 18.4. The van der Waals surface area contributed by atoms with Crippen molar-refractivity contribution in [2.45, 2.75) is 23.6 Å². The maximum absolute atomic E-state index is 12.2. The zero-order valence-electron chi connectivity index (χ0n) is 12.0. The Morgan fingerprint density at radius 2 is 2.14 bits per heavy atom. The van der Waals surface area contributed by atoms with Crippen LogP contribution in [0.1, 0.15) is 19.3 Å². The number of hydrogen-bond acceptors (Lipinski definition) is 4. The predicted molar refractivity (Wildman–Crippen MR) is 87.8 cm³/mol. The third-order valence-corrected chi connectivity index (χ3v) is 6.19. The minimum absolute atomic E-state index is 0.114. The van der Waals surface area contributed by atoms with E-state index < -0.39 is 0 Å². The van der Waals surface area contributed by atoms with Gasteiger partial charge in [0.15, 0.2) is 0 Å². The summed E-state index contributed by atoms with van der Waals surface area (Å²) >= 11 is 3.43. The van der Waals surface area contributed by atoms with E-state index in [2.05, 4.69) is 22.5 Å². The molecule has 6 heteroatoms. The summed E-state index contributed by atoms with van der Waals surface area (Å²) in [6.07, 6.45) is 9.61. The third-order valence-electron chi connectivity index (χ3n) is 4.14. The van der Waals surface area contributed by atoms with Gasteiger partial charge >= 0.3 is 6.03 Å². The summed E-state index contributed by atoms with van der Waals surface area (Å²) in [6, 6.07) is 0.114. The van der Waals surface area contributed by atoms with Gasteiger partial charge in [0.1, 0.15) is 4.34 Å². The summed E-state index contributed by atoms with van der Waals surface area (Å²) in [5.74, 6) is 2.37. The lowest BCUT2D eigenvalue weighted by molar-refractivity contribution is 0.206. The first-order valence-electron chi connectivity index (χ1n) is 7.53. The highest BCUT2D eigenvalue weighted by molar-refractivity contribution is 8.00. The van der Waals surface area contributed by atoms with Gasteiger partial charge in [-0.2, -0.15) is 0 Å². The van der Waals surface area contributed by atoms with E-state index in [4.69, 9.17) is 0 Å². The van der Waals surface area contributed by atoms with E-state index in [1.54, 1.807) is 23.1 Å². The van der Waals surface area contributed by atoms with Gasteiger partial charge in [-0.05, 0) is 31.1 Å². The van der Waals surface area contributed by atoms with Gasteiger partial charge in [0.2, 0.25) is 0 Å². The molecule has 1 aromatic heterocycles. The standard InChI is InChI=1S/C15H21N3OS2/c19-14(16-6-3-8-20-15-17-7-9-21-15)18-10-12-4-1-2-5-13(12)11-18/h1-2,7,9,12-13H,3-6,8,10-11H2,(H,16,19)/t12-,13-/m1/s1. The Kier molecular flexibility index (Phi) is 5.19. The van der Waals surface area contributed by atoms with Crippen LogP contribution in [-0.4, -0.2) is 41.3 Å². The molecule has 21 heavy (non-hydrogen) atoms. The van der Waals surface area contributed by atoms with E-state index in [-0.39, 0.29) is 6.03 Å². The van der Waals surface area contributed by atoms with Gasteiger partial charge in [-0.15, -0.1) is 11.3 Å². The fraction of sp³-hybridized carbons (Fsp3) is 0.600. The number of aromatic nitrogens is 1. The zero-order chi connectivity index (χ0) is 14.5. The predicted octanol–water partition coefficient (Wildman–Crippen LogP) is 3.23. The largest absolute Gasteiger partial charge is 0.338 e. The molecule has 0 spiro atoms. The van der Waals surface area contributed by atoms with Crippen LogP contribution in [0.4, 0.5) is 4.79 Å². The first kappa shape index (κ1) is 14.9. The Bertz CT molecular complexity index is 473. The maximum atomic E-state index is 12.2. The van der Waals surface area contributed by atoms with Gasteiger partial charge in [0.25, 0.3) is 0 Å². The minimum Gasteiger partial charge on any atom is -0.338 e. The first-order chi connectivity index (χ1) is 10.3. The fourth-order valence-corrected chi connectivity index (χ4v) is 4.65. The van der Waals surface area contributed by atoms with E-state index in [0.717, 1.165) is 49.0 Å². The highest BCUT2D eigenvalue weighted by Gasteiger charge is 2.34. The van der Waals surface area contributed by atoms with Crippen molar-refractivity contribution in [3.05, 3.63) is 23.7 Å². The van der Waals surface area contributed by atoms with Crippen LogP contribution in [-0.2, 0) is 0 Å². The maximum Gasteiger partial charge on any atom is 0.317 e. The average molecular weight is 323 g/mol. The van der Waals surface area contributed by atoms with Crippen molar-refractivity contribution < 1.29 is 4.79 Å². The molecule has 1 saturated heterocycles. The second kappa shape index (κ2) is 7.31. The van der Waals surface area contributed by atoms with Crippen LogP contribution in [0, 0.1) is 11.8 Å². The molecular weight excluding hydrogens is 302 g/mol. The molecule has 4 nitrogen and oxygen atoms in total. The van der Waals surface area contributed by atoms with Crippen molar-refractivity contribution in [3.63, 3.8) is 0 Å². The van der Waals surface area contributed by atoms with Gasteiger partial charge < -0.3 is 10.2 Å². The van der Waals surface area contributed by atoms with Crippen molar-refractivity contribution in [1.29, 1.82) is 0 Å². The van der Waals surface area contributed by atoms with E-state index in [9.17, 15) is 4.79 Å². The van der Waals surface area contributed by atoms with E-state index in [1.165, 1.54) is 0 Å². The molecule has 1 aliphatic carbocycles. The SMILES string of the molecule is O=C(NCCCSc1nccs1)N1C[C@H]2CC=CC[C@@H]2C1. The Balaban J connectivity index is 1.32. The van der Waals surface area contributed by atoms with E-state index in [1.807, 2.05) is 16.5 Å². The van der Waals surface area contributed by atoms with Gasteiger partial charge in [-0.25, -0.2) is 9.78 Å². The van der Waals surface area contributed by atoms with Crippen molar-refractivity contribution >= 4 is 29.1 Å². The molecular formula is C15H21N3OS2. The third kappa shape index (κ3) is 4.01. The molecule has 2 aliphatic rings. The van der Waals surface area contributed by atoms with E-state index in [0.29, 0.717) is 11.8 Å². The fourth-order valence-electron chi connectivity index (χ4n) is 3.00. The van der Waals surface area contributed by atoms with Crippen molar-refractivity contribution in [3.8, 4) is 0 Å². The first-order valence-corrected chi connectivity index (χ1v) is 9.39. The zero-order valence-corrected chi connectivity index (χ0v) is 13.7. The van der Waals surface area contributed by atoms with Crippen LogP contribution in [0.2, 0.25) is 0 Å². The number of thiazole rings is 1. The molecule has 0 bridgehead atoms. The summed E-state index contributed by atoms with van der Waals surface area (Å²) < 4.78 is 1.11. The Hall–Kier alpha value is -1.01. The van der Waals surface area contributed by atoms with Gasteiger partial charge in [0, 0.05) is 37.0 Å². The lowest BCUT2D eigenvalue weighted by Gasteiger charge is -2.17. The highest BCUT2D eigenvalue weighted by Crippen LogP contribution is 2.32. The lowest BCUT2D eigenvalue weighted by atomic mass is 9.86. The number of hydrogen-bond donors (Lipinski definition) is 1. The van der Waals surface area contributed by atoms with Crippen LogP contribution in [0.5, 0.6) is 0 Å². The molecule has 1 N–H and O–H groups in total.